The second kappa shape index (κ2) is 11.0. The molecule has 0 aliphatic heterocycles. The van der Waals surface area contributed by atoms with E-state index in [9.17, 15) is 0 Å². The second-order valence-electron chi connectivity index (χ2n) is 6.42. The molecule has 0 amide bonds. The van der Waals surface area contributed by atoms with Crippen molar-refractivity contribution in [1.82, 2.24) is 25.2 Å². The standard InChI is InChI=1S/C18H28N6S.HI/c1-3-19-18(21-14-9-10-15(13-14)25-2)20-11-6-8-17-23-22-16-7-4-5-12-24(16)17;/h4-5,7,12,14-15H,3,6,8-11,13H2,1-2H3,(H2,19,20,21);1H. The predicted octanol–water partition coefficient (Wildman–Crippen LogP) is 3.12. The molecule has 3 rings (SSSR count). The zero-order valence-electron chi connectivity index (χ0n) is 15.5. The zero-order valence-corrected chi connectivity index (χ0v) is 18.7. The van der Waals surface area contributed by atoms with E-state index < -0.39 is 0 Å². The van der Waals surface area contributed by atoms with Crippen molar-refractivity contribution in [3.05, 3.63) is 30.2 Å². The van der Waals surface area contributed by atoms with Gasteiger partial charge in [0.25, 0.3) is 0 Å². The molecule has 8 heteroatoms. The molecule has 0 bridgehead atoms. The van der Waals surface area contributed by atoms with Gasteiger partial charge >= 0.3 is 0 Å². The van der Waals surface area contributed by atoms with Gasteiger partial charge in [0, 0.05) is 37.0 Å². The highest BCUT2D eigenvalue weighted by molar-refractivity contribution is 14.0. The lowest BCUT2D eigenvalue weighted by atomic mass is 10.2. The number of pyridine rings is 1. The molecular formula is C18H29IN6S. The van der Waals surface area contributed by atoms with Crippen LogP contribution in [0.5, 0.6) is 0 Å². The number of hydrogen-bond donors (Lipinski definition) is 2. The molecule has 2 N–H and O–H groups in total. The van der Waals surface area contributed by atoms with E-state index in [0.717, 1.165) is 48.6 Å². The molecular weight excluding hydrogens is 459 g/mol. The van der Waals surface area contributed by atoms with Crippen molar-refractivity contribution in [3.63, 3.8) is 0 Å². The molecule has 1 saturated carbocycles. The summed E-state index contributed by atoms with van der Waals surface area (Å²) in [4.78, 5) is 4.74. The van der Waals surface area contributed by atoms with Crippen molar-refractivity contribution in [2.45, 2.75) is 50.3 Å². The van der Waals surface area contributed by atoms with Gasteiger partial charge in [-0.3, -0.25) is 9.39 Å². The number of aryl methyl sites for hydroxylation is 1. The number of nitrogens with one attached hydrogen (secondary N) is 2. The van der Waals surface area contributed by atoms with Gasteiger partial charge in [0.2, 0.25) is 0 Å². The highest BCUT2D eigenvalue weighted by Gasteiger charge is 2.24. The zero-order chi connectivity index (χ0) is 17.5. The first-order valence-corrected chi connectivity index (χ1v) is 10.4. The van der Waals surface area contributed by atoms with Gasteiger partial charge in [-0.15, -0.1) is 34.2 Å². The van der Waals surface area contributed by atoms with Gasteiger partial charge in [0.05, 0.1) is 0 Å². The van der Waals surface area contributed by atoms with Crippen LogP contribution >= 0.6 is 35.7 Å². The molecule has 0 saturated heterocycles. The largest absolute Gasteiger partial charge is 0.357 e. The van der Waals surface area contributed by atoms with Crippen LogP contribution in [0.2, 0.25) is 0 Å². The summed E-state index contributed by atoms with van der Waals surface area (Å²) in [6.45, 7) is 3.79. The minimum Gasteiger partial charge on any atom is -0.357 e. The fourth-order valence-corrected chi connectivity index (χ4v) is 4.08. The lowest BCUT2D eigenvalue weighted by Gasteiger charge is -2.17. The Morgan fingerprint density at radius 2 is 2.23 bits per heavy atom. The molecule has 2 aromatic rings. The summed E-state index contributed by atoms with van der Waals surface area (Å²) in [5.74, 6) is 1.95. The van der Waals surface area contributed by atoms with Gasteiger partial charge in [0.15, 0.2) is 11.6 Å². The molecule has 0 spiro atoms. The van der Waals surface area contributed by atoms with Crippen LogP contribution < -0.4 is 10.6 Å². The van der Waals surface area contributed by atoms with Crippen molar-refractivity contribution in [1.29, 1.82) is 0 Å². The van der Waals surface area contributed by atoms with E-state index in [4.69, 9.17) is 4.99 Å². The van der Waals surface area contributed by atoms with E-state index in [1.807, 2.05) is 40.6 Å². The van der Waals surface area contributed by atoms with Crippen molar-refractivity contribution >= 4 is 47.3 Å². The Morgan fingerprint density at radius 3 is 3.00 bits per heavy atom. The van der Waals surface area contributed by atoms with Crippen molar-refractivity contribution in [2.24, 2.45) is 4.99 Å². The van der Waals surface area contributed by atoms with E-state index in [0.29, 0.717) is 6.04 Å². The van der Waals surface area contributed by atoms with Crippen LogP contribution in [0.4, 0.5) is 0 Å². The number of rotatable bonds is 7. The smallest absolute Gasteiger partial charge is 0.191 e. The summed E-state index contributed by atoms with van der Waals surface area (Å²) in [6.07, 6.45) is 9.84. The molecule has 2 unspecified atom stereocenters. The summed E-state index contributed by atoms with van der Waals surface area (Å²) in [7, 11) is 0. The van der Waals surface area contributed by atoms with E-state index in [-0.39, 0.29) is 24.0 Å². The van der Waals surface area contributed by atoms with Crippen LogP contribution in [0.25, 0.3) is 5.65 Å². The molecule has 1 fully saturated rings. The highest BCUT2D eigenvalue weighted by Crippen LogP contribution is 2.27. The maximum Gasteiger partial charge on any atom is 0.191 e. The fourth-order valence-electron chi connectivity index (χ4n) is 3.29. The van der Waals surface area contributed by atoms with Crippen LogP contribution in [0.1, 0.15) is 38.4 Å². The first-order valence-electron chi connectivity index (χ1n) is 9.16. The third kappa shape index (κ3) is 5.73. The third-order valence-corrected chi connectivity index (χ3v) is 5.71. The van der Waals surface area contributed by atoms with E-state index in [2.05, 4.69) is 34.0 Å². The van der Waals surface area contributed by atoms with Gasteiger partial charge in [0.1, 0.15) is 5.82 Å². The Bertz CT molecular complexity index is 704. The summed E-state index contributed by atoms with van der Waals surface area (Å²) in [5.41, 5.74) is 0.903. The molecule has 0 aromatic carbocycles. The van der Waals surface area contributed by atoms with Crippen LogP contribution in [-0.4, -0.2) is 51.2 Å². The van der Waals surface area contributed by atoms with Crippen LogP contribution in [0.3, 0.4) is 0 Å². The number of aromatic nitrogens is 3. The molecule has 0 radical (unpaired) electrons. The number of hydrogen-bond acceptors (Lipinski definition) is 4. The van der Waals surface area contributed by atoms with Gasteiger partial charge < -0.3 is 10.6 Å². The van der Waals surface area contributed by atoms with E-state index in [1.165, 1.54) is 19.3 Å². The second-order valence-corrected chi connectivity index (χ2v) is 7.56. The third-order valence-electron chi connectivity index (χ3n) is 4.62. The minimum atomic E-state index is 0. The molecule has 2 aromatic heterocycles. The summed E-state index contributed by atoms with van der Waals surface area (Å²) in [5, 5.41) is 16.2. The first-order chi connectivity index (χ1) is 12.3. The van der Waals surface area contributed by atoms with Gasteiger partial charge in [-0.1, -0.05) is 6.07 Å². The topological polar surface area (TPSA) is 66.6 Å². The lowest BCUT2D eigenvalue weighted by molar-refractivity contribution is 0.613. The quantitative estimate of drug-likeness (QED) is 0.272. The Morgan fingerprint density at radius 1 is 1.35 bits per heavy atom. The number of fused-ring (bicyclic) bond motifs is 1. The highest BCUT2D eigenvalue weighted by atomic mass is 127. The van der Waals surface area contributed by atoms with Crippen LogP contribution in [0.15, 0.2) is 29.4 Å². The molecule has 26 heavy (non-hydrogen) atoms. The molecule has 144 valence electrons. The Kier molecular flexibility index (Phi) is 8.97. The number of halogens is 1. The number of thioether (sulfide) groups is 1. The first kappa shape index (κ1) is 21.3. The molecule has 1 aliphatic carbocycles. The van der Waals surface area contributed by atoms with Crippen molar-refractivity contribution in [3.8, 4) is 0 Å². The van der Waals surface area contributed by atoms with Crippen molar-refractivity contribution < 1.29 is 0 Å². The summed E-state index contributed by atoms with van der Waals surface area (Å²) in [6, 6.07) is 6.52. The van der Waals surface area contributed by atoms with Crippen LogP contribution in [-0.2, 0) is 6.42 Å². The number of guanidine groups is 1. The SMILES string of the molecule is CCNC(=NCCCc1nnc2ccccn12)NC1CCC(SC)C1.I. The van der Waals surface area contributed by atoms with Crippen molar-refractivity contribution in [2.75, 3.05) is 19.3 Å². The Balaban J connectivity index is 0.00000243. The fraction of sp³-hybridized carbons (Fsp3) is 0.611. The van der Waals surface area contributed by atoms with Gasteiger partial charge in [-0.2, -0.15) is 11.8 Å². The normalized spacial score (nSPS) is 20.2. The molecule has 6 nitrogen and oxygen atoms in total. The minimum absolute atomic E-state index is 0. The number of aliphatic imine (C=N–C) groups is 1. The molecule has 2 heterocycles. The molecule has 2 atom stereocenters. The summed E-state index contributed by atoms with van der Waals surface area (Å²) >= 11 is 1.98. The average molecular weight is 488 g/mol. The van der Waals surface area contributed by atoms with Gasteiger partial charge in [-0.05, 0) is 51.0 Å². The monoisotopic (exact) mass is 488 g/mol. The predicted molar refractivity (Wildman–Crippen MR) is 121 cm³/mol. The van der Waals surface area contributed by atoms with Gasteiger partial charge in [-0.25, -0.2) is 0 Å². The maximum absolute atomic E-state index is 4.74. The average Bonchev–Trinajstić information content (AvgIpc) is 3.25. The Labute approximate surface area is 177 Å². The summed E-state index contributed by atoms with van der Waals surface area (Å²) < 4.78 is 2.05. The lowest BCUT2D eigenvalue weighted by Crippen LogP contribution is -2.42. The Hall–Kier alpha value is -1.03. The van der Waals surface area contributed by atoms with Crippen LogP contribution in [0, 0.1) is 0 Å². The van der Waals surface area contributed by atoms with E-state index in [1.54, 1.807) is 0 Å². The van der Waals surface area contributed by atoms with E-state index >= 15 is 0 Å². The maximum atomic E-state index is 4.74. The number of nitrogens with zero attached hydrogens (tertiary/aromatic N) is 4. The molecule has 1 aliphatic rings.